The Bertz CT molecular complexity index is 1450. The van der Waals surface area contributed by atoms with Crippen LogP contribution in [0.15, 0.2) is 36.5 Å². The zero-order valence-electron chi connectivity index (χ0n) is 18.0. The summed E-state index contributed by atoms with van der Waals surface area (Å²) in [5.74, 6) is -1.24. The van der Waals surface area contributed by atoms with Crippen molar-refractivity contribution in [2.75, 3.05) is 12.3 Å². The normalized spacial score (nSPS) is 27.3. The lowest BCUT2D eigenvalue weighted by molar-refractivity contribution is -0.0471. The van der Waals surface area contributed by atoms with Gasteiger partial charge in [-0.1, -0.05) is 18.2 Å². The van der Waals surface area contributed by atoms with Crippen molar-refractivity contribution in [2.24, 2.45) is 0 Å². The van der Waals surface area contributed by atoms with Gasteiger partial charge in [-0.3, -0.25) is 13.5 Å². The highest BCUT2D eigenvalue weighted by Crippen LogP contribution is 2.35. The molecule has 1 saturated heterocycles. The van der Waals surface area contributed by atoms with Crippen LogP contribution in [0.5, 0.6) is 5.75 Å². The molecule has 2 aromatic heterocycles. The average molecular weight is 503 g/mol. The van der Waals surface area contributed by atoms with E-state index < -0.39 is 53.1 Å². The van der Waals surface area contributed by atoms with Crippen LogP contribution in [-0.4, -0.2) is 69.1 Å². The minimum absolute atomic E-state index is 0.101. The smallest absolute Gasteiger partial charge is 0.362 e. The Morgan fingerprint density at radius 1 is 1.20 bits per heavy atom. The first-order chi connectivity index (χ1) is 16.7. The van der Waals surface area contributed by atoms with Gasteiger partial charge in [0.25, 0.3) is 5.91 Å². The minimum Gasteiger partial charge on any atom is -0.507 e. The zero-order valence-corrected chi connectivity index (χ0v) is 18.8. The van der Waals surface area contributed by atoms with Crippen molar-refractivity contribution in [1.29, 1.82) is 0 Å². The number of phenolic OH excluding ortho intramolecular Hbond substituents is 1. The predicted molar refractivity (Wildman–Crippen MR) is 121 cm³/mol. The van der Waals surface area contributed by atoms with Gasteiger partial charge in [0, 0.05) is 6.20 Å². The number of nitrogens with two attached hydrogens (primary N) is 1. The highest BCUT2D eigenvalue weighted by Gasteiger charge is 2.46. The molecular weight excluding hydrogens is 482 g/mol. The summed E-state index contributed by atoms with van der Waals surface area (Å²) >= 11 is 0. The maximum atomic E-state index is 12.7. The molecule has 13 nitrogen and oxygen atoms in total. The van der Waals surface area contributed by atoms with Crippen LogP contribution in [0.3, 0.4) is 0 Å². The van der Waals surface area contributed by atoms with Gasteiger partial charge in [0.15, 0.2) is 11.9 Å². The fourth-order valence-corrected chi connectivity index (χ4v) is 4.84. The molecule has 1 amide bonds. The number of hydrogen-bond acceptors (Lipinski definition) is 11. The monoisotopic (exact) mass is 503 g/mol. The Morgan fingerprint density at radius 2 is 2.00 bits per heavy atom. The minimum atomic E-state index is -4.65. The Balaban J connectivity index is 1.67. The molecule has 0 aliphatic carbocycles. The number of aliphatic hydroxyl groups is 2. The van der Waals surface area contributed by atoms with Crippen LogP contribution in [0.1, 0.15) is 28.0 Å². The number of aromatic nitrogens is 3. The molecule has 184 valence electrons. The van der Waals surface area contributed by atoms with E-state index in [1.54, 1.807) is 29.0 Å². The lowest BCUT2D eigenvalue weighted by atomic mass is 10.0. The van der Waals surface area contributed by atoms with E-state index in [0.717, 1.165) is 0 Å². The second-order valence-electron chi connectivity index (χ2n) is 8.05. The molecule has 35 heavy (non-hydrogen) atoms. The quantitative estimate of drug-likeness (QED) is 0.267. The molecule has 2 aliphatic rings. The van der Waals surface area contributed by atoms with Crippen molar-refractivity contribution in [3.05, 3.63) is 53.5 Å². The Morgan fingerprint density at radius 3 is 2.80 bits per heavy atom. The zero-order chi connectivity index (χ0) is 24.9. The summed E-state index contributed by atoms with van der Waals surface area (Å²) in [7, 11) is -4.65. The number of aliphatic hydroxyl groups excluding tert-OH is 2. The number of carbonyl (C=O) groups excluding carboxylic acids is 1. The van der Waals surface area contributed by atoms with Crippen LogP contribution in [-0.2, 0) is 25.6 Å². The molecule has 0 spiro atoms. The molecular formula is C21H21N5O8S. The Labute approximate surface area is 198 Å². The van der Waals surface area contributed by atoms with Gasteiger partial charge in [0.2, 0.25) is 0 Å². The largest absolute Gasteiger partial charge is 0.507 e. The SMILES string of the molecule is Nc1ccnc2c1nc1n2[C@@H]2O[C@H](COS(=O)(=O)NC(=O)c3c(O)cccc3C/C=C/1)[C@@H](O)[C@H]2O. The highest BCUT2D eigenvalue weighted by atomic mass is 32.2. The van der Waals surface area contributed by atoms with Gasteiger partial charge in [0.1, 0.15) is 35.4 Å². The van der Waals surface area contributed by atoms with Crippen molar-refractivity contribution in [2.45, 2.75) is 31.0 Å². The van der Waals surface area contributed by atoms with E-state index in [0.29, 0.717) is 16.8 Å². The van der Waals surface area contributed by atoms with Gasteiger partial charge in [-0.25, -0.2) is 14.7 Å². The van der Waals surface area contributed by atoms with Crippen molar-refractivity contribution in [1.82, 2.24) is 19.3 Å². The predicted octanol–water partition coefficient (Wildman–Crippen LogP) is -0.401. The van der Waals surface area contributed by atoms with Crippen LogP contribution in [0, 0.1) is 0 Å². The molecule has 0 unspecified atom stereocenters. The summed E-state index contributed by atoms with van der Waals surface area (Å²) in [6.07, 6.45) is -0.733. The number of carbonyl (C=O) groups is 1. The van der Waals surface area contributed by atoms with E-state index in [9.17, 15) is 28.5 Å². The standard InChI is InChI=1S/C21H21N5O8S/c22-11-7-8-23-19-16(11)24-14-6-2-4-10-3-1-5-12(27)15(10)20(30)25-35(31,32)33-9-13-17(28)18(29)21(34-13)26(14)19/h1-3,5-8,13,17-18,21,27-29H,4,9H2,(H2,22,23)(H,25,30)/b6-2+/t13-,17-,18-,21-/m1/s1. The van der Waals surface area contributed by atoms with Gasteiger partial charge in [-0.05, 0) is 30.2 Å². The molecule has 2 bridgehead atoms. The lowest BCUT2D eigenvalue weighted by Gasteiger charge is -2.18. The van der Waals surface area contributed by atoms with E-state index in [-0.39, 0.29) is 23.5 Å². The summed E-state index contributed by atoms with van der Waals surface area (Å²) in [4.78, 5) is 21.5. The summed E-state index contributed by atoms with van der Waals surface area (Å²) in [5, 5.41) is 31.5. The second-order valence-corrected chi connectivity index (χ2v) is 9.39. The van der Waals surface area contributed by atoms with Crippen molar-refractivity contribution in [3.63, 3.8) is 0 Å². The van der Waals surface area contributed by atoms with Gasteiger partial charge < -0.3 is 25.8 Å². The summed E-state index contributed by atoms with van der Waals surface area (Å²) < 4.78 is 38.5. The number of aromatic hydroxyl groups is 1. The van der Waals surface area contributed by atoms with Gasteiger partial charge in [-0.2, -0.15) is 8.42 Å². The molecule has 4 heterocycles. The highest BCUT2D eigenvalue weighted by molar-refractivity contribution is 7.85. The fraction of sp³-hybridized carbons (Fsp3) is 0.286. The molecule has 6 N–H and O–H groups in total. The Hall–Kier alpha value is -3.56. The molecule has 0 radical (unpaired) electrons. The number of benzene rings is 1. The third kappa shape index (κ3) is 4.11. The molecule has 1 aromatic carbocycles. The topological polar surface area (TPSA) is 199 Å². The van der Waals surface area contributed by atoms with Gasteiger partial charge in [0.05, 0.1) is 17.9 Å². The Kier molecular flexibility index (Phi) is 5.69. The molecule has 2 aliphatic heterocycles. The number of imidazole rings is 1. The number of rotatable bonds is 0. The lowest BCUT2D eigenvalue weighted by Crippen LogP contribution is -2.38. The molecule has 1 fully saturated rings. The van der Waals surface area contributed by atoms with E-state index in [1.807, 2.05) is 0 Å². The maximum absolute atomic E-state index is 12.7. The van der Waals surface area contributed by atoms with Gasteiger partial charge in [-0.15, -0.1) is 0 Å². The third-order valence-electron chi connectivity index (χ3n) is 5.79. The number of ether oxygens (including phenoxy) is 1. The van der Waals surface area contributed by atoms with Crippen molar-refractivity contribution < 1.29 is 37.5 Å². The first-order valence-corrected chi connectivity index (χ1v) is 11.9. The number of hydrogen-bond donors (Lipinski definition) is 5. The van der Waals surface area contributed by atoms with E-state index in [2.05, 4.69) is 9.97 Å². The first-order valence-electron chi connectivity index (χ1n) is 10.5. The molecule has 5 rings (SSSR count). The fourth-order valence-electron chi connectivity index (χ4n) is 4.13. The second kappa shape index (κ2) is 8.58. The van der Waals surface area contributed by atoms with Crippen LogP contribution in [0.4, 0.5) is 5.69 Å². The van der Waals surface area contributed by atoms with Crippen LogP contribution >= 0.6 is 0 Å². The van der Waals surface area contributed by atoms with E-state index in [1.165, 1.54) is 22.9 Å². The van der Waals surface area contributed by atoms with Crippen LogP contribution in [0.2, 0.25) is 0 Å². The van der Waals surface area contributed by atoms with E-state index in [4.69, 9.17) is 14.7 Å². The first kappa shape index (κ1) is 23.2. The number of allylic oxidation sites excluding steroid dienone is 1. The number of amides is 1. The average Bonchev–Trinajstić information content (AvgIpc) is 3.29. The maximum Gasteiger partial charge on any atom is 0.362 e. The number of fused-ring (bicyclic) bond motifs is 7. The number of phenols is 1. The number of nitrogen functional groups attached to an aromatic ring is 1. The van der Waals surface area contributed by atoms with E-state index >= 15 is 0 Å². The van der Waals surface area contributed by atoms with Gasteiger partial charge >= 0.3 is 10.3 Å². The number of anilines is 1. The molecule has 4 atom stereocenters. The molecule has 3 aromatic rings. The van der Waals surface area contributed by atoms with Crippen molar-refractivity contribution in [3.8, 4) is 5.75 Å². The third-order valence-corrected chi connectivity index (χ3v) is 6.68. The van der Waals surface area contributed by atoms with Crippen LogP contribution in [0.25, 0.3) is 17.2 Å². The summed E-state index contributed by atoms with van der Waals surface area (Å²) in [6.45, 7) is -0.710. The molecule has 0 saturated carbocycles. The number of nitrogens with zero attached hydrogens (tertiary/aromatic N) is 3. The van der Waals surface area contributed by atoms with Crippen LogP contribution < -0.4 is 10.5 Å². The van der Waals surface area contributed by atoms with Crippen molar-refractivity contribution >= 4 is 39.1 Å². The summed E-state index contributed by atoms with van der Waals surface area (Å²) in [6, 6.07) is 5.87. The number of pyridine rings is 1. The summed E-state index contributed by atoms with van der Waals surface area (Å²) in [5.41, 5.74) is 7.06. The number of nitrogens with one attached hydrogen (secondary N) is 1. The molecule has 14 heteroatoms.